The first kappa shape index (κ1) is 15.9. The highest BCUT2D eigenvalue weighted by molar-refractivity contribution is 7.87. The number of rotatable bonds is 3. The van der Waals surface area contributed by atoms with Crippen LogP contribution >= 0.6 is 11.6 Å². The molecule has 0 aliphatic heterocycles. The van der Waals surface area contributed by atoms with Crippen molar-refractivity contribution in [3.8, 4) is 5.75 Å². The highest BCUT2D eigenvalue weighted by Crippen LogP contribution is 2.26. The first-order valence-electron chi connectivity index (χ1n) is 6.49. The Bertz CT molecular complexity index is 795. The molecule has 0 radical (unpaired) electrons. The van der Waals surface area contributed by atoms with Crippen molar-refractivity contribution in [2.45, 2.75) is 32.6 Å². The second-order valence-electron chi connectivity index (χ2n) is 5.15. The smallest absolute Gasteiger partial charge is 0.339 e. The van der Waals surface area contributed by atoms with E-state index < -0.39 is 10.1 Å². The molecule has 0 fully saturated rings. The molecular weight excluding hydrogens is 308 g/mol. The summed E-state index contributed by atoms with van der Waals surface area (Å²) in [6.45, 7) is 7.38. The molecule has 2 aromatic rings. The third kappa shape index (κ3) is 3.39. The molecule has 0 heterocycles. The molecule has 21 heavy (non-hydrogen) atoms. The molecule has 5 heteroatoms. The summed E-state index contributed by atoms with van der Waals surface area (Å²) in [5, 5.41) is 0.571. The van der Waals surface area contributed by atoms with Crippen LogP contribution in [0.25, 0.3) is 0 Å². The second kappa shape index (κ2) is 5.70. The van der Waals surface area contributed by atoms with Gasteiger partial charge in [0.25, 0.3) is 0 Å². The summed E-state index contributed by atoms with van der Waals surface area (Å²) in [7, 11) is -3.86. The zero-order chi connectivity index (χ0) is 15.8. The predicted molar refractivity (Wildman–Crippen MR) is 84.7 cm³/mol. The van der Waals surface area contributed by atoms with Gasteiger partial charge in [-0.3, -0.25) is 0 Å². The summed E-state index contributed by atoms with van der Waals surface area (Å²) in [6.07, 6.45) is 0. The third-order valence-corrected chi connectivity index (χ3v) is 5.21. The van der Waals surface area contributed by atoms with Crippen LogP contribution in [-0.2, 0) is 10.1 Å². The maximum Gasteiger partial charge on any atom is 0.339 e. The van der Waals surface area contributed by atoms with E-state index in [1.54, 1.807) is 38.1 Å². The van der Waals surface area contributed by atoms with Crippen molar-refractivity contribution in [1.29, 1.82) is 0 Å². The standard InChI is InChI=1S/C16H17ClO3S/c1-10-7-13(4)16(9-11(10)2)21(18,19)20-14-5-6-15(17)12(3)8-14/h5-9H,1-4H3. The fourth-order valence-electron chi connectivity index (χ4n) is 2.04. The normalized spacial score (nSPS) is 11.5. The Kier molecular flexibility index (Phi) is 4.30. The molecule has 3 nitrogen and oxygen atoms in total. The van der Waals surface area contributed by atoms with Crippen molar-refractivity contribution in [1.82, 2.24) is 0 Å². The van der Waals surface area contributed by atoms with Crippen molar-refractivity contribution in [3.05, 3.63) is 57.6 Å². The van der Waals surface area contributed by atoms with Crippen molar-refractivity contribution in [2.75, 3.05) is 0 Å². The number of benzene rings is 2. The topological polar surface area (TPSA) is 43.4 Å². The van der Waals surface area contributed by atoms with E-state index in [0.717, 1.165) is 16.7 Å². The molecule has 0 atom stereocenters. The van der Waals surface area contributed by atoms with Crippen molar-refractivity contribution in [2.24, 2.45) is 0 Å². The Labute approximate surface area is 130 Å². The lowest BCUT2D eigenvalue weighted by atomic mass is 10.1. The fraction of sp³-hybridized carbons (Fsp3) is 0.250. The highest BCUT2D eigenvalue weighted by Gasteiger charge is 2.20. The largest absolute Gasteiger partial charge is 0.379 e. The molecule has 0 spiro atoms. The number of hydrogen-bond acceptors (Lipinski definition) is 3. The van der Waals surface area contributed by atoms with E-state index in [9.17, 15) is 8.42 Å². The van der Waals surface area contributed by atoms with Gasteiger partial charge >= 0.3 is 10.1 Å². The van der Waals surface area contributed by atoms with Gasteiger partial charge in [0.1, 0.15) is 10.6 Å². The Hall–Kier alpha value is -1.52. The van der Waals surface area contributed by atoms with Gasteiger partial charge in [0, 0.05) is 5.02 Å². The van der Waals surface area contributed by atoms with Crippen molar-refractivity contribution in [3.63, 3.8) is 0 Å². The Morgan fingerprint density at radius 2 is 1.48 bits per heavy atom. The maximum atomic E-state index is 12.4. The van der Waals surface area contributed by atoms with E-state index in [0.29, 0.717) is 10.6 Å². The molecule has 0 unspecified atom stereocenters. The number of aryl methyl sites for hydroxylation is 4. The molecule has 2 aromatic carbocycles. The van der Waals surface area contributed by atoms with Crippen LogP contribution in [0.3, 0.4) is 0 Å². The summed E-state index contributed by atoms with van der Waals surface area (Å²) < 4.78 is 30.1. The minimum atomic E-state index is -3.86. The second-order valence-corrected chi connectivity index (χ2v) is 7.07. The van der Waals surface area contributed by atoms with Crippen molar-refractivity contribution < 1.29 is 12.6 Å². The first-order valence-corrected chi connectivity index (χ1v) is 8.28. The highest BCUT2D eigenvalue weighted by atomic mass is 35.5. The summed E-state index contributed by atoms with van der Waals surface area (Å²) >= 11 is 5.93. The molecule has 0 amide bonds. The van der Waals surface area contributed by atoms with E-state index >= 15 is 0 Å². The molecule has 0 saturated carbocycles. The molecule has 0 aromatic heterocycles. The van der Waals surface area contributed by atoms with Gasteiger partial charge < -0.3 is 4.18 Å². The Balaban J connectivity index is 2.43. The monoisotopic (exact) mass is 324 g/mol. The zero-order valence-electron chi connectivity index (χ0n) is 12.4. The van der Waals surface area contributed by atoms with Gasteiger partial charge in [-0.2, -0.15) is 8.42 Å². The SMILES string of the molecule is Cc1cc(C)c(S(=O)(=O)Oc2ccc(Cl)c(C)c2)cc1C. The van der Waals surface area contributed by atoms with Crippen LogP contribution in [0.1, 0.15) is 22.3 Å². The molecule has 2 rings (SSSR count). The number of hydrogen-bond donors (Lipinski definition) is 0. The average Bonchev–Trinajstić information content (AvgIpc) is 2.37. The van der Waals surface area contributed by atoms with Crippen LogP contribution in [0.15, 0.2) is 35.2 Å². The third-order valence-electron chi connectivity index (χ3n) is 3.40. The lowest BCUT2D eigenvalue weighted by Crippen LogP contribution is -2.12. The van der Waals surface area contributed by atoms with Crippen LogP contribution in [0.4, 0.5) is 0 Å². The van der Waals surface area contributed by atoms with Crippen LogP contribution in [0, 0.1) is 27.7 Å². The van der Waals surface area contributed by atoms with E-state index in [-0.39, 0.29) is 10.6 Å². The molecule has 0 saturated heterocycles. The minimum absolute atomic E-state index is 0.193. The zero-order valence-corrected chi connectivity index (χ0v) is 14.0. The van der Waals surface area contributed by atoms with Gasteiger partial charge in [-0.1, -0.05) is 17.7 Å². The van der Waals surface area contributed by atoms with Gasteiger partial charge in [-0.25, -0.2) is 0 Å². The maximum absolute atomic E-state index is 12.4. The van der Waals surface area contributed by atoms with Gasteiger partial charge in [-0.05, 0) is 74.2 Å². The van der Waals surface area contributed by atoms with E-state index in [1.165, 1.54) is 0 Å². The fourth-order valence-corrected chi connectivity index (χ4v) is 3.38. The van der Waals surface area contributed by atoms with Gasteiger partial charge in [0.2, 0.25) is 0 Å². The van der Waals surface area contributed by atoms with Gasteiger partial charge in [-0.15, -0.1) is 0 Å². The summed E-state index contributed by atoms with van der Waals surface area (Å²) in [6, 6.07) is 8.26. The molecule has 0 aliphatic rings. The molecule has 0 bridgehead atoms. The summed E-state index contributed by atoms with van der Waals surface area (Å²) in [5.74, 6) is 0.259. The van der Waals surface area contributed by atoms with Gasteiger partial charge in [0.05, 0.1) is 0 Å². The molecule has 112 valence electrons. The van der Waals surface area contributed by atoms with Crippen LogP contribution < -0.4 is 4.18 Å². The number of halogens is 1. The van der Waals surface area contributed by atoms with E-state index in [1.807, 2.05) is 19.9 Å². The van der Waals surface area contributed by atoms with E-state index in [2.05, 4.69) is 0 Å². The molecule has 0 N–H and O–H groups in total. The summed E-state index contributed by atoms with van der Waals surface area (Å²) in [4.78, 5) is 0.193. The lowest BCUT2D eigenvalue weighted by Gasteiger charge is -2.12. The molecular formula is C16H17ClO3S. The quantitative estimate of drug-likeness (QED) is 0.789. The first-order chi connectivity index (χ1) is 9.70. The molecule has 0 aliphatic carbocycles. The Morgan fingerprint density at radius 3 is 2.10 bits per heavy atom. The van der Waals surface area contributed by atoms with Gasteiger partial charge in [0.15, 0.2) is 0 Å². The van der Waals surface area contributed by atoms with Crippen LogP contribution in [0.5, 0.6) is 5.75 Å². The van der Waals surface area contributed by atoms with E-state index in [4.69, 9.17) is 15.8 Å². The Morgan fingerprint density at radius 1 is 0.857 bits per heavy atom. The van der Waals surface area contributed by atoms with Crippen LogP contribution in [0.2, 0.25) is 5.02 Å². The lowest BCUT2D eigenvalue weighted by molar-refractivity contribution is 0.485. The minimum Gasteiger partial charge on any atom is -0.379 e. The van der Waals surface area contributed by atoms with Crippen molar-refractivity contribution >= 4 is 21.7 Å². The van der Waals surface area contributed by atoms with Crippen LogP contribution in [-0.4, -0.2) is 8.42 Å². The average molecular weight is 325 g/mol. The predicted octanol–water partition coefficient (Wildman–Crippen LogP) is 4.34. The summed E-state index contributed by atoms with van der Waals surface area (Å²) in [5.41, 5.74) is 3.40.